The van der Waals surface area contributed by atoms with E-state index in [0.717, 1.165) is 35.6 Å². The van der Waals surface area contributed by atoms with Gasteiger partial charge in [0.15, 0.2) is 5.78 Å². The molecule has 0 fully saturated rings. The van der Waals surface area contributed by atoms with Gasteiger partial charge in [0.2, 0.25) is 0 Å². The maximum absolute atomic E-state index is 12.5. The summed E-state index contributed by atoms with van der Waals surface area (Å²) in [4.78, 5) is 14.6. The Labute approximate surface area is 127 Å². The van der Waals surface area contributed by atoms with Gasteiger partial charge in [0.25, 0.3) is 0 Å². The molecule has 0 saturated carbocycles. The predicted octanol–water partition coefficient (Wildman–Crippen LogP) is 3.62. The number of rotatable bonds is 6. The number of carbonyl (C=O) groups is 1. The van der Waals surface area contributed by atoms with Crippen molar-refractivity contribution < 1.29 is 4.79 Å². The van der Waals surface area contributed by atoms with E-state index in [0.29, 0.717) is 6.54 Å². The number of ketones is 1. The Kier molecular flexibility index (Phi) is 4.97. The third-order valence-electron chi connectivity index (χ3n) is 3.76. The van der Waals surface area contributed by atoms with Crippen molar-refractivity contribution in [3.63, 3.8) is 0 Å². The highest BCUT2D eigenvalue weighted by atomic mass is 16.1. The number of para-hydroxylation sites is 1. The quantitative estimate of drug-likeness (QED) is 0.757. The number of likely N-dealkylation sites (N-methyl/N-ethyl adjacent to an activating group) is 1. The van der Waals surface area contributed by atoms with Gasteiger partial charge >= 0.3 is 0 Å². The zero-order chi connectivity index (χ0) is 15.4. The molecule has 0 saturated heterocycles. The van der Waals surface area contributed by atoms with Crippen LogP contribution in [0.15, 0.2) is 36.4 Å². The number of hydrogen-bond acceptors (Lipinski definition) is 2. The molecule has 2 rings (SSSR count). The van der Waals surface area contributed by atoms with Crippen LogP contribution in [-0.4, -0.2) is 35.4 Å². The lowest BCUT2D eigenvalue weighted by Crippen LogP contribution is -2.26. The second-order valence-corrected chi connectivity index (χ2v) is 5.62. The summed E-state index contributed by atoms with van der Waals surface area (Å²) >= 11 is 0. The van der Waals surface area contributed by atoms with Crippen molar-refractivity contribution in [2.45, 2.75) is 27.2 Å². The highest BCUT2D eigenvalue weighted by Crippen LogP contribution is 2.21. The van der Waals surface area contributed by atoms with Crippen molar-refractivity contribution in [1.82, 2.24) is 9.47 Å². The SMILES string of the molecule is CCCN(C)CC(=O)c1cc(C)n(-c2ccccc2)c1C. The second kappa shape index (κ2) is 6.72. The number of hydrogen-bond donors (Lipinski definition) is 0. The lowest BCUT2D eigenvalue weighted by atomic mass is 10.1. The van der Waals surface area contributed by atoms with Crippen molar-refractivity contribution in [3.8, 4) is 5.69 Å². The smallest absolute Gasteiger partial charge is 0.178 e. The molecule has 0 aliphatic carbocycles. The minimum absolute atomic E-state index is 0.196. The van der Waals surface area contributed by atoms with Gasteiger partial charge in [-0.25, -0.2) is 0 Å². The van der Waals surface area contributed by atoms with E-state index in [2.05, 4.69) is 28.5 Å². The first-order chi connectivity index (χ1) is 10.0. The van der Waals surface area contributed by atoms with Gasteiger partial charge in [0.05, 0.1) is 6.54 Å². The van der Waals surface area contributed by atoms with E-state index < -0.39 is 0 Å². The second-order valence-electron chi connectivity index (χ2n) is 5.62. The van der Waals surface area contributed by atoms with E-state index in [9.17, 15) is 4.79 Å². The van der Waals surface area contributed by atoms with Crippen LogP contribution in [0.5, 0.6) is 0 Å². The number of benzene rings is 1. The third-order valence-corrected chi connectivity index (χ3v) is 3.76. The summed E-state index contributed by atoms with van der Waals surface area (Å²) in [5.74, 6) is 0.196. The highest BCUT2D eigenvalue weighted by Gasteiger charge is 2.17. The largest absolute Gasteiger partial charge is 0.318 e. The van der Waals surface area contributed by atoms with E-state index in [1.807, 2.05) is 45.2 Å². The summed E-state index contributed by atoms with van der Waals surface area (Å²) in [5, 5.41) is 0. The summed E-state index contributed by atoms with van der Waals surface area (Å²) in [7, 11) is 2.00. The third kappa shape index (κ3) is 3.42. The van der Waals surface area contributed by atoms with Gasteiger partial charge in [-0.3, -0.25) is 9.69 Å². The molecule has 0 aliphatic heterocycles. The van der Waals surface area contributed by atoms with E-state index in [-0.39, 0.29) is 5.78 Å². The first kappa shape index (κ1) is 15.5. The van der Waals surface area contributed by atoms with Crippen LogP contribution in [0.25, 0.3) is 5.69 Å². The van der Waals surface area contributed by atoms with Gasteiger partial charge in [0, 0.05) is 22.6 Å². The topological polar surface area (TPSA) is 25.2 Å². The van der Waals surface area contributed by atoms with E-state index >= 15 is 0 Å². The van der Waals surface area contributed by atoms with E-state index in [1.54, 1.807) is 0 Å². The van der Waals surface area contributed by atoms with Crippen LogP contribution in [-0.2, 0) is 0 Å². The number of aromatic nitrogens is 1. The number of carbonyl (C=O) groups excluding carboxylic acids is 1. The Balaban J connectivity index is 2.29. The molecule has 0 radical (unpaired) electrons. The van der Waals surface area contributed by atoms with Crippen LogP contribution in [0, 0.1) is 13.8 Å². The molecule has 3 heteroatoms. The van der Waals surface area contributed by atoms with Crippen molar-refractivity contribution in [2.75, 3.05) is 20.1 Å². The number of Topliss-reactive ketones (excluding diaryl/α,β-unsaturated/α-hetero) is 1. The summed E-state index contributed by atoms with van der Waals surface area (Å²) < 4.78 is 2.15. The normalized spacial score (nSPS) is 11.1. The van der Waals surface area contributed by atoms with Crippen LogP contribution < -0.4 is 0 Å². The average Bonchev–Trinajstić information content (AvgIpc) is 2.75. The first-order valence-electron chi connectivity index (χ1n) is 7.50. The predicted molar refractivity (Wildman–Crippen MR) is 87.4 cm³/mol. The maximum atomic E-state index is 12.5. The van der Waals surface area contributed by atoms with Crippen LogP contribution >= 0.6 is 0 Å². The van der Waals surface area contributed by atoms with Gasteiger partial charge in [-0.05, 0) is 52.1 Å². The summed E-state index contributed by atoms with van der Waals surface area (Å²) in [6.07, 6.45) is 1.06. The molecule has 0 atom stereocenters. The van der Waals surface area contributed by atoms with E-state index in [1.165, 1.54) is 0 Å². The minimum Gasteiger partial charge on any atom is -0.318 e. The zero-order valence-corrected chi connectivity index (χ0v) is 13.4. The number of nitrogens with zero attached hydrogens (tertiary/aromatic N) is 2. The Morgan fingerprint density at radius 3 is 2.48 bits per heavy atom. The fraction of sp³-hybridized carbons (Fsp3) is 0.389. The summed E-state index contributed by atoms with van der Waals surface area (Å²) in [6, 6.07) is 12.2. The molecule has 112 valence electrons. The minimum atomic E-state index is 0.196. The fourth-order valence-electron chi connectivity index (χ4n) is 2.81. The Hall–Kier alpha value is -1.87. The van der Waals surface area contributed by atoms with Gasteiger partial charge in [-0.15, -0.1) is 0 Å². The van der Waals surface area contributed by atoms with Crippen LogP contribution in [0.4, 0.5) is 0 Å². The molecule has 0 unspecified atom stereocenters. The van der Waals surface area contributed by atoms with Gasteiger partial charge in [-0.2, -0.15) is 0 Å². The molecule has 1 aromatic carbocycles. The van der Waals surface area contributed by atoms with Crippen LogP contribution in [0.3, 0.4) is 0 Å². The zero-order valence-electron chi connectivity index (χ0n) is 13.4. The fourth-order valence-corrected chi connectivity index (χ4v) is 2.81. The maximum Gasteiger partial charge on any atom is 0.178 e. The monoisotopic (exact) mass is 284 g/mol. The molecule has 1 aromatic heterocycles. The lowest BCUT2D eigenvalue weighted by Gasteiger charge is -2.14. The Morgan fingerprint density at radius 2 is 1.86 bits per heavy atom. The highest BCUT2D eigenvalue weighted by molar-refractivity contribution is 5.99. The van der Waals surface area contributed by atoms with Gasteiger partial charge in [0.1, 0.15) is 0 Å². The summed E-state index contributed by atoms with van der Waals surface area (Å²) in [6.45, 7) is 7.62. The molecule has 2 aromatic rings. The molecule has 3 nitrogen and oxygen atoms in total. The molecule has 0 aliphatic rings. The average molecular weight is 284 g/mol. The van der Waals surface area contributed by atoms with Crippen molar-refractivity contribution >= 4 is 5.78 Å². The van der Waals surface area contributed by atoms with Gasteiger partial charge < -0.3 is 4.57 Å². The van der Waals surface area contributed by atoms with E-state index in [4.69, 9.17) is 0 Å². The van der Waals surface area contributed by atoms with Crippen LogP contribution in [0.2, 0.25) is 0 Å². The molecule has 0 spiro atoms. The molecular formula is C18H24N2O. The lowest BCUT2D eigenvalue weighted by molar-refractivity contribution is 0.0946. The molecule has 0 bridgehead atoms. The molecule has 0 amide bonds. The van der Waals surface area contributed by atoms with Gasteiger partial charge in [-0.1, -0.05) is 25.1 Å². The van der Waals surface area contributed by atoms with Crippen molar-refractivity contribution in [3.05, 3.63) is 53.3 Å². The molecule has 0 N–H and O–H groups in total. The van der Waals surface area contributed by atoms with Crippen molar-refractivity contribution in [2.24, 2.45) is 0 Å². The Bertz CT molecular complexity index is 614. The molecule has 21 heavy (non-hydrogen) atoms. The molecule has 1 heterocycles. The summed E-state index contributed by atoms with van der Waals surface area (Å²) in [5.41, 5.74) is 4.06. The first-order valence-corrected chi connectivity index (χ1v) is 7.50. The standard InChI is InChI=1S/C18H24N2O/c1-5-11-19(4)13-18(21)17-12-14(2)20(15(17)3)16-9-7-6-8-10-16/h6-10,12H,5,11,13H2,1-4H3. The molecular weight excluding hydrogens is 260 g/mol. The van der Waals surface area contributed by atoms with Crippen molar-refractivity contribution in [1.29, 1.82) is 0 Å². The Morgan fingerprint density at radius 1 is 1.19 bits per heavy atom. The number of aryl methyl sites for hydroxylation is 1. The van der Waals surface area contributed by atoms with Crippen LogP contribution in [0.1, 0.15) is 35.1 Å².